The van der Waals surface area contributed by atoms with Crippen LogP contribution in [0.15, 0.2) is 23.6 Å². The first kappa shape index (κ1) is 14.5. The highest BCUT2D eigenvalue weighted by Gasteiger charge is 2.20. The minimum Gasteiger partial charge on any atom is -0.477 e. The van der Waals surface area contributed by atoms with Gasteiger partial charge >= 0.3 is 5.97 Å². The number of nitrogens with one attached hydrogen (secondary N) is 1. The fourth-order valence-electron chi connectivity index (χ4n) is 1.58. The van der Waals surface area contributed by atoms with Gasteiger partial charge in [0.25, 0.3) is 10.0 Å². The molecule has 0 aliphatic heterocycles. The lowest BCUT2D eigenvalue weighted by atomic mass is 10.3. The molecule has 0 saturated heterocycles. The molecule has 108 valence electrons. The zero-order chi connectivity index (χ0) is 14.9. The highest BCUT2D eigenvalue weighted by Crippen LogP contribution is 2.28. The smallest absolute Gasteiger partial charge is 0.346 e. The fourth-order valence-corrected chi connectivity index (χ4v) is 3.73. The molecule has 0 spiro atoms. The van der Waals surface area contributed by atoms with Crippen molar-refractivity contribution in [2.45, 2.75) is 25.4 Å². The Balaban J connectivity index is 2.28. The highest BCUT2D eigenvalue weighted by molar-refractivity contribution is 7.92. The van der Waals surface area contributed by atoms with Gasteiger partial charge in [0.2, 0.25) is 0 Å². The number of aromatic carboxylic acids is 1. The van der Waals surface area contributed by atoms with Gasteiger partial charge in [-0.25, -0.2) is 9.78 Å². The van der Waals surface area contributed by atoms with E-state index >= 15 is 0 Å². The van der Waals surface area contributed by atoms with E-state index in [0.717, 1.165) is 11.3 Å². The normalized spacial score (nSPS) is 11.5. The second-order valence-electron chi connectivity index (χ2n) is 4.08. The topological polar surface area (TPSA) is 101 Å². The van der Waals surface area contributed by atoms with Gasteiger partial charge in [0, 0.05) is 12.7 Å². The Morgan fingerprint density at radius 1 is 1.55 bits per heavy atom. The summed E-state index contributed by atoms with van der Waals surface area (Å²) in [5.74, 6) is -1.08. The second-order valence-corrected chi connectivity index (χ2v) is 6.76. The van der Waals surface area contributed by atoms with Crippen LogP contribution in [0.1, 0.15) is 22.2 Å². The van der Waals surface area contributed by atoms with E-state index in [1.807, 2.05) is 6.92 Å². The quantitative estimate of drug-likeness (QED) is 0.875. The molecule has 0 bridgehead atoms. The number of thiophene rings is 1. The number of aryl methyl sites for hydroxylation is 2. The molecular weight excluding hydrogens is 302 g/mol. The van der Waals surface area contributed by atoms with E-state index in [9.17, 15) is 13.2 Å². The molecule has 7 nitrogen and oxygen atoms in total. The van der Waals surface area contributed by atoms with E-state index < -0.39 is 16.0 Å². The lowest BCUT2D eigenvalue weighted by Gasteiger charge is -2.01. The molecule has 2 aromatic rings. The van der Waals surface area contributed by atoms with E-state index in [1.165, 1.54) is 18.6 Å². The summed E-state index contributed by atoms with van der Waals surface area (Å²) in [6, 6.07) is 1.49. The van der Waals surface area contributed by atoms with Crippen LogP contribution >= 0.6 is 11.3 Å². The molecular formula is C11H13N3O4S2. The second kappa shape index (κ2) is 5.25. The number of rotatable bonds is 5. The Morgan fingerprint density at radius 2 is 2.25 bits per heavy atom. The van der Waals surface area contributed by atoms with Gasteiger partial charge in [-0.2, -0.15) is 8.42 Å². The first-order valence-corrected chi connectivity index (χ1v) is 8.01. The molecule has 9 heteroatoms. The molecule has 0 aliphatic rings. The van der Waals surface area contributed by atoms with Crippen molar-refractivity contribution in [2.75, 3.05) is 4.72 Å². The minimum atomic E-state index is -3.80. The van der Waals surface area contributed by atoms with Gasteiger partial charge < -0.3 is 9.67 Å². The van der Waals surface area contributed by atoms with Gasteiger partial charge in [0.05, 0.1) is 6.33 Å². The van der Waals surface area contributed by atoms with Crippen LogP contribution in [0.4, 0.5) is 5.00 Å². The van der Waals surface area contributed by atoms with E-state index in [1.54, 1.807) is 11.5 Å². The van der Waals surface area contributed by atoms with Crippen LogP contribution in [0.3, 0.4) is 0 Å². The van der Waals surface area contributed by atoms with Gasteiger partial charge in [-0.1, -0.05) is 0 Å². The maximum atomic E-state index is 12.1. The van der Waals surface area contributed by atoms with Gasteiger partial charge in [0.1, 0.15) is 9.88 Å². The predicted octanol–water partition coefficient (Wildman–Crippen LogP) is 1.77. The van der Waals surface area contributed by atoms with Crippen molar-refractivity contribution in [3.05, 3.63) is 29.0 Å². The molecule has 0 saturated carbocycles. The lowest BCUT2D eigenvalue weighted by molar-refractivity contribution is 0.0701. The molecule has 2 heterocycles. The van der Waals surface area contributed by atoms with Crippen LogP contribution in [-0.2, 0) is 16.6 Å². The number of carboxylic acids is 1. The summed E-state index contributed by atoms with van der Waals surface area (Å²) in [6.07, 6.45) is 2.85. The average Bonchev–Trinajstić information content (AvgIpc) is 2.95. The van der Waals surface area contributed by atoms with Gasteiger partial charge in [-0.15, -0.1) is 11.3 Å². The number of anilines is 1. The molecule has 2 rings (SSSR count). The SMILES string of the molecule is CCn1cnc(S(=O)(=O)Nc2cc(C)c(C(=O)O)s2)c1. The van der Waals surface area contributed by atoms with Crippen LogP contribution in [0, 0.1) is 6.92 Å². The van der Waals surface area contributed by atoms with E-state index in [0.29, 0.717) is 12.1 Å². The molecule has 2 aromatic heterocycles. The number of imidazole rings is 1. The van der Waals surface area contributed by atoms with Crippen molar-refractivity contribution < 1.29 is 18.3 Å². The highest BCUT2D eigenvalue weighted by atomic mass is 32.2. The first-order chi connectivity index (χ1) is 9.33. The van der Waals surface area contributed by atoms with Gasteiger partial charge in [0.15, 0.2) is 5.03 Å². The largest absolute Gasteiger partial charge is 0.477 e. The summed E-state index contributed by atoms with van der Waals surface area (Å²) in [7, 11) is -3.80. The summed E-state index contributed by atoms with van der Waals surface area (Å²) in [5, 5.41) is 9.11. The van der Waals surface area contributed by atoms with Gasteiger partial charge in [-0.05, 0) is 25.5 Å². The van der Waals surface area contributed by atoms with E-state index in [4.69, 9.17) is 5.11 Å². The third-order valence-corrected chi connectivity index (χ3v) is 5.12. The maximum Gasteiger partial charge on any atom is 0.346 e. The monoisotopic (exact) mass is 315 g/mol. The standard InChI is InChI=1S/C11H13N3O4S2/c1-3-14-5-9(12-6-14)20(17,18)13-8-4-7(2)10(19-8)11(15)16/h4-6,13H,3H2,1-2H3,(H,15,16). The number of aromatic nitrogens is 2. The third-order valence-electron chi connectivity index (χ3n) is 2.60. The fraction of sp³-hybridized carbons (Fsp3) is 0.273. The number of hydrogen-bond acceptors (Lipinski definition) is 5. The minimum absolute atomic E-state index is 0.0951. The van der Waals surface area contributed by atoms with Crippen LogP contribution in [0.2, 0.25) is 0 Å². The Bertz CT molecular complexity index is 746. The zero-order valence-electron chi connectivity index (χ0n) is 10.8. The molecule has 0 unspecified atom stereocenters. The number of hydrogen-bond donors (Lipinski definition) is 2. The summed E-state index contributed by atoms with van der Waals surface area (Å²) in [5.41, 5.74) is 0.513. The number of carbonyl (C=O) groups is 1. The van der Waals surface area contributed by atoms with Crippen LogP contribution < -0.4 is 4.72 Å². The Kier molecular flexibility index (Phi) is 3.82. The van der Waals surface area contributed by atoms with Crippen LogP contribution in [-0.4, -0.2) is 29.0 Å². The predicted molar refractivity (Wildman–Crippen MR) is 74.7 cm³/mol. The first-order valence-electron chi connectivity index (χ1n) is 5.72. The molecule has 0 radical (unpaired) electrons. The van der Waals surface area contributed by atoms with Crippen molar-refractivity contribution in [1.82, 2.24) is 9.55 Å². The maximum absolute atomic E-state index is 12.1. The number of carboxylic acid groups (broad SMARTS) is 1. The Morgan fingerprint density at radius 3 is 2.75 bits per heavy atom. The summed E-state index contributed by atoms with van der Waals surface area (Å²) < 4.78 is 28.2. The van der Waals surface area contributed by atoms with Crippen LogP contribution in [0.5, 0.6) is 0 Å². The summed E-state index contributed by atoms with van der Waals surface area (Å²) in [6.45, 7) is 4.10. The molecule has 0 aromatic carbocycles. The zero-order valence-corrected chi connectivity index (χ0v) is 12.5. The Labute approximate surface area is 119 Å². The number of nitrogens with zero attached hydrogens (tertiary/aromatic N) is 2. The third kappa shape index (κ3) is 2.83. The van der Waals surface area contributed by atoms with Crippen molar-refractivity contribution in [2.24, 2.45) is 0 Å². The summed E-state index contributed by atoms with van der Waals surface area (Å²) in [4.78, 5) is 14.9. The average molecular weight is 315 g/mol. The number of sulfonamides is 1. The van der Waals surface area contributed by atoms with Crippen LogP contribution in [0.25, 0.3) is 0 Å². The van der Waals surface area contributed by atoms with E-state index in [2.05, 4.69) is 9.71 Å². The molecule has 0 amide bonds. The van der Waals surface area contributed by atoms with E-state index in [-0.39, 0.29) is 14.9 Å². The molecule has 0 fully saturated rings. The molecule has 2 N–H and O–H groups in total. The summed E-state index contributed by atoms with van der Waals surface area (Å²) >= 11 is 0.877. The molecule has 20 heavy (non-hydrogen) atoms. The van der Waals surface area contributed by atoms with Crippen molar-refractivity contribution in [3.63, 3.8) is 0 Å². The van der Waals surface area contributed by atoms with Gasteiger partial charge in [-0.3, -0.25) is 4.72 Å². The van der Waals surface area contributed by atoms with Crippen molar-refractivity contribution in [1.29, 1.82) is 0 Å². The van der Waals surface area contributed by atoms with Crippen molar-refractivity contribution in [3.8, 4) is 0 Å². The molecule has 0 atom stereocenters. The molecule has 0 aliphatic carbocycles. The van der Waals surface area contributed by atoms with Crippen molar-refractivity contribution >= 4 is 32.3 Å². The Hall–Kier alpha value is -1.87. The lowest BCUT2D eigenvalue weighted by Crippen LogP contribution is -2.12.